The van der Waals surface area contributed by atoms with E-state index >= 15 is 0 Å². The van der Waals surface area contributed by atoms with Crippen LogP contribution >= 0.6 is 0 Å². The summed E-state index contributed by atoms with van der Waals surface area (Å²) >= 11 is 0. The van der Waals surface area contributed by atoms with E-state index in [1.807, 2.05) is 49.4 Å². The highest BCUT2D eigenvalue weighted by atomic mass is 16.5. The number of esters is 1. The molecule has 3 unspecified atom stereocenters. The van der Waals surface area contributed by atoms with Crippen LogP contribution < -0.4 is 5.32 Å². The highest BCUT2D eigenvalue weighted by Crippen LogP contribution is 2.46. The van der Waals surface area contributed by atoms with Gasteiger partial charge in [-0.3, -0.25) is 4.79 Å². The molecule has 6 rings (SSSR count). The molecular formula is C40H50N4O3. The second-order valence-corrected chi connectivity index (χ2v) is 13.3. The van der Waals surface area contributed by atoms with Gasteiger partial charge in [-0.15, -0.1) is 0 Å². The minimum absolute atomic E-state index is 0.0339. The number of dihydropyridines is 1. The Balaban J connectivity index is 0.000000371. The van der Waals surface area contributed by atoms with Gasteiger partial charge in [-0.25, -0.2) is 4.98 Å². The zero-order valence-corrected chi connectivity index (χ0v) is 28.7. The third kappa shape index (κ3) is 7.84. The van der Waals surface area contributed by atoms with Crippen molar-refractivity contribution in [3.05, 3.63) is 112 Å². The molecule has 7 nitrogen and oxygen atoms in total. The topological polar surface area (TPSA) is 100 Å². The predicted octanol–water partition coefficient (Wildman–Crippen LogP) is 8.14. The number of methoxy groups -OCH3 is 1. The number of aromatic nitrogens is 2. The van der Waals surface area contributed by atoms with Crippen molar-refractivity contribution in [1.29, 1.82) is 5.41 Å². The quantitative estimate of drug-likeness (QED) is 0.255. The molecule has 7 heteroatoms. The van der Waals surface area contributed by atoms with E-state index in [4.69, 9.17) is 15.1 Å². The number of rotatable bonds is 8. The molecule has 4 aliphatic rings. The van der Waals surface area contributed by atoms with Gasteiger partial charge in [0.25, 0.3) is 0 Å². The number of imidazole rings is 1. The molecule has 0 radical (unpaired) electrons. The highest BCUT2D eigenvalue weighted by Gasteiger charge is 2.35. The lowest BCUT2D eigenvalue weighted by Crippen LogP contribution is -2.31. The zero-order chi connectivity index (χ0) is 33.7. The Morgan fingerprint density at radius 3 is 2.51 bits per heavy atom. The summed E-state index contributed by atoms with van der Waals surface area (Å²) in [5, 5.41) is 21.6. The molecule has 2 aromatic rings. The molecule has 248 valence electrons. The summed E-state index contributed by atoms with van der Waals surface area (Å²) in [7, 11) is 3.60. The Morgan fingerprint density at radius 1 is 1.17 bits per heavy atom. The molecule has 1 saturated carbocycles. The summed E-state index contributed by atoms with van der Waals surface area (Å²) in [5.74, 6) is 1.72. The van der Waals surface area contributed by atoms with E-state index in [1.165, 1.54) is 36.8 Å². The van der Waals surface area contributed by atoms with Crippen LogP contribution in [0.3, 0.4) is 0 Å². The van der Waals surface area contributed by atoms with E-state index in [9.17, 15) is 9.90 Å². The van der Waals surface area contributed by atoms with Crippen LogP contribution in [0, 0.1) is 17.2 Å². The van der Waals surface area contributed by atoms with Gasteiger partial charge in [-0.1, -0.05) is 81.5 Å². The van der Waals surface area contributed by atoms with Crippen molar-refractivity contribution in [2.24, 2.45) is 18.9 Å². The van der Waals surface area contributed by atoms with Gasteiger partial charge >= 0.3 is 5.97 Å². The van der Waals surface area contributed by atoms with Gasteiger partial charge < -0.3 is 25.1 Å². The number of hydrogen-bond donors (Lipinski definition) is 3. The SMILES string of the molecule is CCC(O)c1ccccc1.COC(=O)C1CC=C(C2=CC=C(c3nc(C4=CC=CC(=N)/C4=C\C(C)C)c(C4CC4)n3C)C(C)N2)CC1. The normalized spacial score (nSPS) is 22.4. The van der Waals surface area contributed by atoms with Crippen LogP contribution in [-0.4, -0.2) is 39.5 Å². The van der Waals surface area contributed by atoms with E-state index in [-0.39, 0.29) is 24.0 Å². The standard InChI is InChI=1S/C31H38N4O2.C9H12O/c1-18(2)17-25-24(7-6-8-26(25)32)28-29(21-11-12-21)35(4)30(34-28)23-15-16-27(33-19(23)3)20-9-13-22(14-10-20)31(36)37-5;1-2-9(10)8-6-4-3-5-7-8/h6-9,15-19,21-22,32-33H,10-14H2,1-5H3;3-7,9-10H,2H2,1H3/b25-17-,32-26?;. The van der Waals surface area contributed by atoms with Crippen molar-refractivity contribution in [2.45, 2.75) is 84.3 Å². The number of carbonyl (C=O) groups is 1. The van der Waals surface area contributed by atoms with Gasteiger partial charge in [0, 0.05) is 41.1 Å². The lowest BCUT2D eigenvalue weighted by Gasteiger charge is -2.28. The molecule has 0 bridgehead atoms. The Kier molecular flexibility index (Phi) is 11.0. The zero-order valence-electron chi connectivity index (χ0n) is 28.7. The molecule has 47 heavy (non-hydrogen) atoms. The number of aliphatic hydroxyl groups is 1. The maximum absolute atomic E-state index is 11.9. The largest absolute Gasteiger partial charge is 0.469 e. The Hall–Kier alpha value is -4.23. The fourth-order valence-corrected chi connectivity index (χ4v) is 6.59. The number of hydrogen-bond acceptors (Lipinski definition) is 6. The third-order valence-corrected chi connectivity index (χ3v) is 9.35. The van der Waals surface area contributed by atoms with E-state index < -0.39 is 0 Å². The molecule has 1 aromatic heterocycles. The van der Waals surface area contributed by atoms with Crippen molar-refractivity contribution >= 4 is 22.8 Å². The molecular weight excluding hydrogens is 584 g/mol. The average Bonchev–Trinajstić information content (AvgIpc) is 3.87. The number of allylic oxidation sites excluding steroid dienone is 10. The van der Waals surface area contributed by atoms with E-state index in [1.54, 1.807) is 0 Å². The third-order valence-electron chi connectivity index (χ3n) is 9.35. The Bertz CT molecular complexity index is 1660. The first-order valence-corrected chi connectivity index (χ1v) is 17.1. The second-order valence-electron chi connectivity index (χ2n) is 13.3. The molecule has 0 amide bonds. The van der Waals surface area contributed by atoms with Gasteiger partial charge in [0.05, 0.1) is 36.6 Å². The summed E-state index contributed by atoms with van der Waals surface area (Å²) in [5.41, 5.74) is 9.46. The molecule has 3 N–H and O–H groups in total. The fraction of sp³-hybridized carbons (Fsp3) is 0.425. The molecule has 3 aliphatic carbocycles. The first-order valence-electron chi connectivity index (χ1n) is 17.1. The van der Waals surface area contributed by atoms with Crippen molar-refractivity contribution in [3.8, 4) is 0 Å². The van der Waals surface area contributed by atoms with Gasteiger partial charge in [0.2, 0.25) is 0 Å². The summed E-state index contributed by atoms with van der Waals surface area (Å²) < 4.78 is 7.21. The first-order chi connectivity index (χ1) is 22.6. The molecule has 2 heterocycles. The number of ether oxygens (including phenoxy) is 1. The molecule has 0 saturated heterocycles. The van der Waals surface area contributed by atoms with Gasteiger partial charge in [-0.05, 0) is 74.7 Å². The van der Waals surface area contributed by atoms with Crippen LogP contribution in [0.15, 0.2) is 89.7 Å². The van der Waals surface area contributed by atoms with Crippen LogP contribution in [0.2, 0.25) is 0 Å². The lowest BCUT2D eigenvalue weighted by atomic mass is 9.87. The minimum atomic E-state index is -0.291. The van der Waals surface area contributed by atoms with Crippen molar-refractivity contribution in [2.75, 3.05) is 7.11 Å². The molecule has 1 aromatic carbocycles. The van der Waals surface area contributed by atoms with Crippen molar-refractivity contribution < 1.29 is 14.6 Å². The maximum Gasteiger partial charge on any atom is 0.308 e. The molecule has 1 fully saturated rings. The van der Waals surface area contributed by atoms with Crippen LogP contribution in [0.5, 0.6) is 0 Å². The predicted molar refractivity (Wildman–Crippen MR) is 191 cm³/mol. The average molecular weight is 635 g/mol. The van der Waals surface area contributed by atoms with E-state index in [2.05, 4.69) is 68.1 Å². The maximum atomic E-state index is 11.9. The first kappa shape index (κ1) is 34.1. The number of nitrogens with zero attached hydrogens (tertiary/aromatic N) is 2. The fourth-order valence-electron chi connectivity index (χ4n) is 6.59. The monoisotopic (exact) mass is 634 g/mol. The summed E-state index contributed by atoms with van der Waals surface area (Å²) in [4.78, 5) is 17.2. The van der Waals surface area contributed by atoms with Gasteiger partial charge in [0.1, 0.15) is 5.82 Å². The summed E-state index contributed by atoms with van der Waals surface area (Å²) in [6.45, 7) is 8.47. The van der Waals surface area contributed by atoms with Crippen LogP contribution in [0.25, 0.3) is 11.1 Å². The Labute approximate surface area is 280 Å². The van der Waals surface area contributed by atoms with Crippen LogP contribution in [0.1, 0.15) is 101 Å². The van der Waals surface area contributed by atoms with Gasteiger partial charge in [-0.2, -0.15) is 0 Å². The second kappa shape index (κ2) is 15.1. The van der Waals surface area contributed by atoms with E-state index in [0.717, 1.165) is 59.6 Å². The van der Waals surface area contributed by atoms with Crippen LogP contribution in [-0.2, 0) is 16.6 Å². The number of carbonyl (C=O) groups excluding carboxylic acids is 1. The number of benzene rings is 1. The lowest BCUT2D eigenvalue weighted by molar-refractivity contribution is -0.145. The molecule has 3 atom stereocenters. The van der Waals surface area contributed by atoms with E-state index in [0.29, 0.717) is 17.5 Å². The van der Waals surface area contributed by atoms with Crippen molar-refractivity contribution in [3.63, 3.8) is 0 Å². The van der Waals surface area contributed by atoms with Crippen LogP contribution in [0.4, 0.5) is 0 Å². The number of nitrogens with one attached hydrogen (secondary N) is 2. The molecule has 1 aliphatic heterocycles. The number of aliphatic hydroxyl groups excluding tert-OH is 1. The highest BCUT2D eigenvalue weighted by molar-refractivity contribution is 6.19. The summed E-state index contributed by atoms with van der Waals surface area (Å²) in [6, 6.07) is 9.81. The van der Waals surface area contributed by atoms with Crippen molar-refractivity contribution in [1.82, 2.24) is 14.9 Å². The molecule has 0 spiro atoms. The Morgan fingerprint density at radius 2 is 1.91 bits per heavy atom. The smallest absolute Gasteiger partial charge is 0.308 e. The van der Waals surface area contributed by atoms with Gasteiger partial charge in [0.15, 0.2) is 0 Å². The minimum Gasteiger partial charge on any atom is -0.469 e. The summed E-state index contributed by atoms with van der Waals surface area (Å²) in [6.07, 6.45) is 20.0.